The number of phenolic OH excluding ortho intramolecular Hbond substituents is 1. The molecule has 45 heavy (non-hydrogen) atoms. The highest BCUT2D eigenvalue weighted by Crippen LogP contribution is 2.53. The van der Waals surface area contributed by atoms with Crippen LogP contribution in [0.15, 0.2) is 18.2 Å². The molecule has 2 aromatic carbocycles. The Morgan fingerprint density at radius 3 is 2.62 bits per heavy atom. The molecule has 0 saturated carbocycles. The fraction of sp³-hybridized carbons (Fsp3) is 0.500. The number of carbonyl (C=O) groups is 3. The fourth-order valence-electron chi connectivity index (χ4n) is 6.55. The molecule has 1 amide bonds. The van der Waals surface area contributed by atoms with Crippen molar-refractivity contribution in [1.29, 1.82) is 0 Å². The Morgan fingerprint density at radius 2 is 1.96 bits per heavy atom. The number of aromatic hydroxyl groups is 1. The molecule has 4 N–H and O–H groups in total. The first-order valence-electron chi connectivity index (χ1n) is 14.4. The van der Waals surface area contributed by atoms with E-state index in [1.54, 1.807) is 36.0 Å². The van der Waals surface area contributed by atoms with Crippen LogP contribution in [0.4, 0.5) is 4.48 Å². The van der Waals surface area contributed by atoms with Crippen LogP contribution in [-0.2, 0) is 30.2 Å². The number of morpholine rings is 1. The van der Waals surface area contributed by atoms with Gasteiger partial charge in [-0.1, -0.05) is 12.1 Å². The van der Waals surface area contributed by atoms with Crippen LogP contribution in [0.1, 0.15) is 75.3 Å². The zero-order valence-electron chi connectivity index (χ0n) is 24.4. The number of primary amides is 1. The summed E-state index contributed by atoms with van der Waals surface area (Å²) < 4.78 is 48.8. The average molecular weight is 742 g/mol. The minimum absolute atomic E-state index is 0.0141. The highest BCUT2D eigenvalue weighted by atomic mass is 127. The molecule has 242 valence electrons. The monoisotopic (exact) mass is 742 g/mol. The third-order valence-corrected chi connectivity index (χ3v) is 9.28. The lowest BCUT2D eigenvalue weighted by molar-refractivity contribution is -0.284. The molecule has 4 aliphatic rings. The average Bonchev–Trinajstić information content (AvgIpc) is 3.01. The van der Waals surface area contributed by atoms with Gasteiger partial charge in [0.2, 0.25) is 11.7 Å². The van der Waals surface area contributed by atoms with Crippen LogP contribution >= 0.6 is 23.0 Å². The summed E-state index contributed by atoms with van der Waals surface area (Å²) in [6, 6.07) is 4.55. The van der Waals surface area contributed by atoms with Crippen LogP contribution in [0.2, 0.25) is 0 Å². The molecule has 2 aromatic rings. The number of phenols is 1. The number of nitrogens with zero attached hydrogens (tertiary/aromatic N) is 1. The first-order chi connectivity index (χ1) is 21.5. The van der Waals surface area contributed by atoms with E-state index in [1.165, 1.54) is 19.2 Å². The summed E-state index contributed by atoms with van der Waals surface area (Å²) in [6.07, 6.45) is -4.13. The highest BCUT2D eigenvalue weighted by Gasteiger charge is 2.50. The number of carbonyl (C=O) groups excluding carboxylic acids is 3. The standard InChI is InChI=1S/C30H32FIN2O11/c1-13-16(43-19-12-41-9-8-34(19)31)6-7-20(42-13)44-18-11-30(39,29(33)38)10-15-22(18)27(37)23-24(28(15)45-32)25(35)14-4-3-5-17(40-2)21(14)26(23)36/h3-5,13,16,18-20,37,39H,6-12H2,1-2H3,(H2,33,38)/t13-,16-,18-,19?,20?,30-/m0/s1. The maximum Gasteiger partial charge on any atom is 0.249 e. The second kappa shape index (κ2) is 12.4. The van der Waals surface area contributed by atoms with Gasteiger partial charge in [0, 0.05) is 36.0 Å². The molecule has 2 aliphatic heterocycles. The van der Waals surface area contributed by atoms with E-state index < -0.39 is 66.1 Å². The Kier molecular flexibility index (Phi) is 8.79. The summed E-state index contributed by atoms with van der Waals surface area (Å²) in [5.74, 6) is -2.83. The molecule has 15 heteroatoms. The Balaban J connectivity index is 1.37. The summed E-state index contributed by atoms with van der Waals surface area (Å²) in [5.41, 5.74) is 3.15. The van der Waals surface area contributed by atoms with Gasteiger partial charge in [-0.15, -0.1) is 9.60 Å². The number of fused-ring (bicyclic) bond motifs is 3. The smallest absolute Gasteiger partial charge is 0.249 e. The first kappa shape index (κ1) is 32.0. The number of halogens is 2. The first-order valence-corrected chi connectivity index (χ1v) is 15.3. The summed E-state index contributed by atoms with van der Waals surface area (Å²) in [4.78, 5) is 40.3. The predicted molar refractivity (Wildman–Crippen MR) is 160 cm³/mol. The third kappa shape index (κ3) is 5.47. The molecule has 0 radical (unpaired) electrons. The van der Waals surface area contributed by atoms with Gasteiger partial charge in [0.1, 0.15) is 22.8 Å². The largest absolute Gasteiger partial charge is 0.507 e. The van der Waals surface area contributed by atoms with Crippen molar-refractivity contribution in [1.82, 2.24) is 5.12 Å². The Morgan fingerprint density at radius 1 is 1.18 bits per heavy atom. The van der Waals surface area contributed by atoms with Gasteiger partial charge in [-0.3, -0.25) is 14.4 Å². The van der Waals surface area contributed by atoms with E-state index in [1.807, 2.05) is 0 Å². The molecule has 2 fully saturated rings. The van der Waals surface area contributed by atoms with Crippen molar-refractivity contribution in [2.24, 2.45) is 5.73 Å². The van der Waals surface area contributed by atoms with Crippen LogP contribution in [0.5, 0.6) is 17.2 Å². The van der Waals surface area contributed by atoms with E-state index in [0.29, 0.717) is 11.5 Å². The number of rotatable bonds is 7. The van der Waals surface area contributed by atoms with Crippen LogP contribution in [0.3, 0.4) is 0 Å². The second-order valence-electron chi connectivity index (χ2n) is 11.5. The van der Waals surface area contributed by atoms with Crippen molar-refractivity contribution >= 4 is 40.5 Å². The van der Waals surface area contributed by atoms with E-state index in [2.05, 4.69) is 0 Å². The zero-order valence-corrected chi connectivity index (χ0v) is 26.6. The van der Waals surface area contributed by atoms with Gasteiger partial charge in [0.15, 0.2) is 41.3 Å². The van der Waals surface area contributed by atoms with Crippen molar-refractivity contribution in [3.8, 4) is 17.2 Å². The normalized spacial score (nSPS) is 29.8. The topological polar surface area (TPSA) is 176 Å². The van der Waals surface area contributed by atoms with E-state index >= 15 is 0 Å². The maximum absolute atomic E-state index is 14.2. The molecule has 0 aromatic heterocycles. The number of hydrogen-bond donors (Lipinski definition) is 3. The number of ether oxygens (including phenoxy) is 5. The van der Waals surface area contributed by atoms with Crippen LogP contribution in [0.25, 0.3) is 0 Å². The summed E-state index contributed by atoms with van der Waals surface area (Å²) >= 11 is 1.54. The number of ketones is 2. The summed E-state index contributed by atoms with van der Waals surface area (Å²) in [5, 5.41) is 23.7. The lowest BCUT2D eigenvalue weighted by Gasteiger charge is -2.42. The maximum atomic E-state index is 14.2. The number of amides is 1. The Bertz CT molecular complexity index is 1560. The molecule has 2 heterocycles. The molecule has 2 unspecified atom stereocenters. The molecule has 13 nitrogen and oxygen atoms in total. The molecule has 2 aliphatic carbocycles. The van der Waals surface area contributed by atoms with Gasteiger partial charge in [-0.05, 0) is 19.4 Å². The number of nitrogens with two attached hydrogens (primary N) is 1. The molecular formula is C30H32FIN2O11. The van der Waals surface area contributed by atoms with Gasteiger partial charge >= 0.3 is 0 Å². The summed E-state index contributed by atoms with van der Waals surface area (Å²) in [6.45, 7) is 2.17. The number of aliphatic hydroxyl groups is 1. The van der Waals surface area contributed by atoms with Gasteiger partial charge in [-0.2, -0.15) is 0 Å². The number of hydrogen-bond acceptors (Lipinski definition) is 12. The van der Waals surface area contributed by atoms with E-state index in [0.717, 1.165) is 0 Å². The van der Waals surface area contributed by atoms with Crippen molar-refractivity contribution in [3.63, 3.8) is 0 Å². The third-order valence-electron chi connectivity index (χ3n) is 8.84. The highest BCUT2D eigenvalue weighted by molar-refractivity contribution is 14.1. The van der Waals surface area contributed by atoms with Crippen LogP contribution < -0.4 is 13.5 Å². The molecule has 6 rings (SSSR count). The fourth-order valence-corrected chi connectivity index (χ4v) is 7.04. The van der Waals surface area contributed by atoms with E-state index in [-0.39, 0.29) is 77.5 Å². The van der Waals surface area contributed by atoms with Gasteiger partial charge in [0.05, 0.1) is 61.9 Å². The van der Waals surface area contributed by atoms with Gasteiger partial charge in [-0.25, -0.2) is 0 Å². The molecule has 0 spiro atoms. The number of benzene rings is 2. The van der Waals surface area contributed by atoms with Gasteiger partial charge in [0.25, 0.3) is 0 Å². The zero-order chi connectivity index (χ0) is 32.2. The van der Waals surface area contributed by atoms with E-state index in [4.69, 9.17) is 32.5 Å². The molecule has 6 atom stereocenters. The van der Waals surface area contributed by atoms with Crippen molar-refractivity contribution in [2.75, 3.05) is 26.9 Å². The van der Waals surface area contributed by atoms with Crippen LogP contribution in [0, 0.1) is 0 Å². The quantitative estimate of drug-likeness (QED) is 0.239. The minimum Gasteiger partial charge on any atom is -0.507 e. The van der Waals surface area contributed by atoms with Crippen LogP contribution in [-0.4, -0.2) is 90.0 Å². The second-order valence-corrected chi connectivity index (χ2v) is 12.0. The predicted octanol–water partition coefficient (Wildman–Crippen LogP) is 2.58. The SMILES string of the molecule is COc1cccc2c1C(=O)c1c(O)c3c(c(OI)c1C2=O)C[C@@](O)(C(N)=O)C[C@@H]3OC1CC[C@H](OC2COCCN2F)[C@H](C)O1. The van der Waals surface area contributed by atoms with Crippen molar-refractivity contribution < 1.29 is 55.8 Å². The molecule has 0 bridgehead atoms. The van der Waals surface area contributed by atoms with Crippen molar-refractivity contribution in [3.05, 3.63) is 51.6 Å². The van der Waals surface area contributed by atoms with Gasteiger partial charge < -0.3 is 42.7 Å². The lowest BCUT2D eigenvalue weighted by atomic mass is 9.72. The lowest BCUT2D eigenvalue weighted by Crippen LogP contribution is -2.51. The van der Waals surface area contributed by atoms with Crippen molar-refractivity contribution in [2.45, 2.75) is 69.0 Å². The Hall–Kier alpha value is -2.93. The minimum atomic E-state index is -2.15. The Labute approximate surface area is 271 Å². The summed E-state index contributed by atoms with van der Waals surface area (Å²) in [7, 11) is 1.36. The van der Waals surface area contributed by atoms with E-state index in [9.17, 15) is 29.1 Å². The molecule has 2 saturated heterocycles. The molecular weight excluding hydrogens is 710 g/mol. The number of methoxy groups -OCH3 is 1.